The van der Waals surface area contributed by atoms with Gasteiger partial charge in [0.1, 0.15) is 0 Å². The van der Waals surface area contributed by atoms with Crippen LogP contribution in [-0.2, 0) is 0 Å². The summed E-state index contributed by atoms with van der Waals surface area (Å²) in [5, 5.41) is 11.5. The number of hydrogen-bond acceptors (Lipinski definition) is 4. The van der Waals surface area contributed by atoms with E-state index in [0.717, 1.165) is 35.3 Å². The van der Waals surface area contributed by atoms with Crippen molar-refractivity contribution in [1.29, 1.82) is 0 Å². The van der Waals surface area contributed by atoms with Gasteiger partial charge >= 0.3 is 0 Å². The first kappa shape index (κ1) is 13.6. The number of nitrogens with zero attached hydrogens (tertiary/aromatic N) is 3. The maximum absolute atomic E-state index is 10.6. The normalized spacial score (nSPS) is 16.9. The van der Waals surface area contributed by atoms with Crippen LogP contribution in [0.2, 0.25) is 0 Å². The van der Waals surface area contributed by atoms with Gasteiger partial charge in [0.15, 0.2) is 5.17 Å². The molecule has 5 nitrogen and oxygen atoms in total. The molecule has 0 saturated carbocycles. The predicted molar refractivity (Wildman–Crippen MR) is 79.0 cm³/mol. The first-order chi connectivity index (χ1) is 9.06. The number of benzene rings is 1. The van der Waals surface area contributed by atoms with E-state index in [1.165, 1.54) is 12.1 Å². The van der Waals surface area contributed by atoms with E-state index in [9.17, 15) is 10.1 Å². The Morgan fingerprint density at radius 3 is 2.79 bits per heavy atom. The minimum Gasteiger partial charge on any atom is -0.346 e. The first-order valence-corrected chi connectivity index (χ1v) is 6.90. The van der Waals surface area contributed by atoms with Crippen LogP contribution in [0.15, 0.2) is 41.4 Å². The lowest BCUT2D eigenvalue weighted by atomic mass is 10.3. The van der Waals surface area contributed by atoms with Crippen LogP contribution < -0.4 is 0 Å². The molecule has 0 unspecified atom stereocenters. The zero-order chi connectivity index (χ0) is 13.8. The van der Waals surface area contributed by atoms with Crippen LogP contribution in [-0.4, -0.2) is 33.8 Å². The van der Waals surface area contributed by atoms with E-state index in [-0.39, 0.29) is 5.69 Å². The quantitative estimate of drug-likeness (QED) is 0.481. The van der Waals surface area contributed by atoms with Crippen LogP contribution in [0.25, 0.3) is 0 Å². The molecule has 0 spiro atoms. The highest BCUT2D eigenvalue weighted by Crippen LogP contribution is 2.24. The number of thioether (sulfide) groups is 1. The van der Waals surface area contributed by atoms with Crippen LogP contribution in [0.1, 0.15) is 6.92 Å². The van der Waals surface area contributed by atoms with E-state index in [4.69, 9.17) is 0 Å². The highest BCUT2D eigenvalue weighted by Gasteiger charge is 2.19. The monoisotopic (exact) mass is 277 g/mol. The molecule has 0 aromatic heterocycles. The van der Waals surface area contributed by atoms with Gasteiger partial charge in [0.2, 0.25) is 0 Å². The number of rotatable bonds is 4. The maximum Gasteiger partial charge on any atom is 0.269 e. The number of nitro benzene ring substituents is 1. The Hall–Kier alpha value is -1.82. The van der Waals surface area contributed by atoms with Crippen molar-refractivity contribution >= 4 is 28.3 Å². The summed E-state index contributed by atoms with van der Waals surface area (Å²) in [6.07, 6.45) is 0. The van der Waals surface area contributed by atoms with Crippen molar-refractivity contribution in [2.24, 2.45) is 4.99 Å². The van der Waals surface area contributed by atoms with Gasteiger partial charge in [0.05, 0.1) is 10.6 Å². The second-order valence-electron chi connectivity index (χ2n) is 4.40. The minimum atomic E-state index is -0.408. The lowest BCUT2D eigenvalue weighted by molar-refractivity contribution is -0.384. The van der Waals surface area contributed by atoms with Gasteiger partial charge in [0, 0.05) is 31.0 Å². The maximum atomic E-state index is 10.6. The molecule has 1 fully saturated rings. The second-order valence-corrected chi connectivity index (χ2v) is 5.46. The van der Waals surface area contributed by atoms with Crippen LogP contribution in [0, 0.1) is 10.1 Å². The third kappa shape index (κ3) is 3.57. The Bertz CT molecular complexity index is 525. The summed E-state index contributed by atoms with van der Waals surface area (Å²) in [6.45, 7) is 7.67. The van der Waals surface area contributed by atoms with Gasteiger partial charge in [-0.2, -0.15) is 0 Å². The summed E-state index contributed by atoms with van der Waals surface area (Å²) in [7, 11) is 0. The van der Waals surface area contributed by atoms with Crippen molar-refractivity contribution in [2.45, 2.75) is 6.92 Å². The average molecular weight is 277 g/mol. The molecule has 0 amide bonds. The second kappa shape index (κ2) is 5.88. The SMILES string of the molecule is C=C(C)CN1CCSC1=Nc1ccc([N+](=O)[O-])cc1. The van der Waals surface area contributed by atoms with Crippen LogP contribution in [0.3, 0.4) is 0 Å². The molecule has 1 aromatic carbocycles. The molecule has 1 aliphatic heterocycles. The van der Waals surface area contributed by atoms with Crippen molar-refractivity contribution in [3.8, 4) is 0 Å². The molecule has 1 saturated heterocycles. The topological polar surface area (TPSA) is 58.7 Å². The molecule has 100 valence electrons. The molecule has 6 heteroatoms. The zero-order valence-corrected chi connectivity index (χ0v) is 11.5. The number of non-ortho nitro benzene ring substituents is 1. The number of hydrogen-bond donors (Lipinski definition) is 0. The van der Waals surface area contributed by atoms with Gasteiger partial charge in [0.25, 0.3) is 5.69 Å². The fourth-order valence-corrected chi connectivity index (χ4v) is 2.77. The van der Waals surface area contributed by atoms with Crippen molar-refractivity contribution in [3.63, 3.8) is 0 Å². The van der Waals surface area contributed by atoms with Gasteiger partial charge in [-0.1, -0.05) is 23.9 Å². The third-order valence-corrected chi connectivity index (χ3v) is 3.60. The van der Waals surface area contributed by atoms with E-state index in [1.807, 2.05) is 6.92 Å². The minimum absolute atomic E-state index is 0.0850. The fourth-order valence-electron chi connectivity index (χ4n) is 1.77. The Morgan fingerprint density at radius 1 is 1.53 bits per heavy atom. The van der Waals surface area contributed by atoms with Crippen molar-refractivity contribution in [3.05, 3.63) is 46.5 Å². The van der Waals surface area contributed by atoms with Crippen molar-refractivity contribution in [2.75, 3.05) is 18.8 Å². The summed E-state index contributed by atoms with van der Waals surface area (Å²) in [5.41, 5.74) is 1.92. The Morgan fingerprint density at radius 2 is 2.21 bits per heavy atom. The molecule has 0 radical (unpaired) electrons. The lowest BCUT2D eigenvalue weighted by Crippen LogP contribution is -2.25. The standard InChI is InChI=1S/C13H15N3O2S/c1-10(2)9-15-7-8-19-13(15)14-11-3-5-12(6-4-11)16(17)18/h3-6H,1,7-9H2,2H3. The molecule has 2 rings (SSSR count). The molecule has 0 aliphatic carbocycles. The smallest absolute Gasteiger partial charge is 0.269 e. The largest absolute Gasteiger partial charge is 0.346 e. The summed E-state index contributed by atoms with van der Waals surface area (Å²) < 4.78 is 0. The Kier molecular flexibility index (Phi) is 4.21. The molecule has 19 heavy (non-hydrogen) atoms. The molecule has 0 bridgehead atoms. The number of aliphatic imine (C=N–C) groups is 1. The Labute approximate surface area is 116 Å². The number of amidine groups is 1. The van der Waals surface area contributed by atoms with E-state index in [0.29, 0.717) is 0 Å². The molecular formula is C13H15N3O2S. The van der Waals surface area contributed by atoms with Gasteiger partial charge in [-0.05, 0) is 19.1 Å². The molecular weight excluding hydrogens is 262 g/mol. The van der Waals surface area contributed by atoms with Crippen LogP contribution in [0.4, 0.5) is 11.4 Å². The van der Waals surface area contributed by atoms with Crippen LogP contribution in [0.5, 0.6) is 0 Å². The van der Waals surface area contributed by atoms with E-state index < -0.39 is 4.92 Å². The zero-order valence-electron chi connectivity index (χ0n) is 10.7. The van der Waals surface area contributed by atoms with Gasteiger partial charge in [-0.3, -0.25) is 10.1 Å². The summed E-state index contributed by atoms with van der Waals surface area (Å²) in [4.78, 5) is 16.9. The first-order valence-electron chi connectivity index (χ1n) is 5.91. The lowest BCUT2D eigenvalue weighted by Gasteiger charge is -2.17. The Balaban J connectivity index is 2.15. The third-order valence-electron chi connectivity index (χ3n) is 2.61. The molecule has 1 heterocycles. The molecule has 1 aromatic rings. The van der Waals surface area contributed by atoms with Gasteiger partial charge in [-0.25, -0.2) is 4.99 Å². The summed E-state index contributed by atoms with van der Waals surface area (Å²) in [6, 6.07) is 6.29. The van der Waals surface area contributed by atoms with Crippen molar-refractivity contribution in [1.82, 2.24) is 4.90 Å². The average Bonchev–Trinajstić information content (AvgIpc) is 2.76. The summed E-state index contributed by atoms with van der Waals surface area (Å²) in [5.74, 6) is 1.01. The van der Waals surface area contributed by atoms with E-state index in [1.54, 1.807) is 23.9 Å². The van der Waals surface area contributed by atoms with E-state index in [2.05, 4.69) is 16.5 Å². The number of nitro groups is 1. The predicted octanol–water partition coefficient (Wildman–Crippen LogP) is 3.21. The van der Waals surface area contributed by atoms with E-state index >= 15 is 0 Å². The van der Waals surface area contributed by atoms with Crippen LogP contribution >= 0.6 is 11.8 Å². The molecule has 1 aliphatic rings. The summed E-state index contributed by atoms with van der Waals surface area (Å²) >= 11 is 1.70. The highest BCUT2D eigenvalue weighted by atomic mass is 32.2. The van der Waals surface area contributed by atoms with Gasteiger partial charge < -0.3 is 4.90 Å². The van der Waals surface area contributed by atoms with Crippen molar-refractivity contribution < 1.29 is 4.92 Å². The fraction of sp³-hybridized carbons (Fsp3) is 0.308. The molecule has 0 atom stereocenters. The highest BCUT2D eigenvalue weighted by molar-refractivity contribution is 8.14. The molecule has 0 N–H and O–H groups in total. The van der Waals surface area contributed by atoms with Gasteiger partial charge in [-0.15, -0.1) is 0 Å².